The topological polar surface area (TPSA) is 163 Å². The van der Waals surface area contributed by atoms with Crippen LogP contribution >= 0.6 is 0 Å². The van der Waals surface area contributed by atoms with Crippen LogP contribution in [0.4, 0.5) is 4.79 Å². The highest BCUT2D eigenvalue weighted by Gasteiger charge is 2.24. The van der Waals surface area contributed by atoms with Crippen LogP contribution in [-0.4, -0.2) is 52.9 Å². The van der Waals surface area contributed by atoms with Crippen LogP contribution in [0.5, 0.6) is 0 Å². The van der Waals surface area contributed by atoms with E-state index in [1.54, 1.807) is 24.3 Å². The summed E-state index contributed by atoms with van der Waals surface area (Å²) in [5, 5.41) is 11.7. The molecule has 0 radical (unpaired) electrons. The molecule has 0 fully saturated rings. The number of nitrogens with zero attached hydrogens (tertiary/aromatic N) is 4. The van der Waals surface area contributed by atoms with Gasteiger partial charge in [0.15, 0.2) is 6.09 Å². The lowest BCUT2D eigenvalue weighted by Crippen LogP contribution is -2.45. The molecule has 0 unspecified atom stereocenters. The second-order valence-corrected chi connectivity index (χ2v) is 14.8. The van der Waals surface area contributed by atoms with Crippen molar-refractivity contribution in [3.8, 4) is 5.69 Å². The molecule has 0 saturated heterocycles. The van der Waals surface area contributed by atoms with Gasteiger partial charge in [-0.2, -0.15) is 8.42 Å². The summed E-state index contributed by atoms with van der Waals surface area (Å²) in [5.74, 6) is 0.965. The molecular formula is C35H39N4O7S2-. The van der Waals surface area contributed by atoms with Gasteiger partial charge in [-0.25, -0.2) is 13.4 Å². The molecule has 0 saturated carbocycles. The van der Waals surface area contributed by atoms with E-state index in [0.29, 0.717) is 4.31 Å². The number of hydrogen-bond acceptors (Lipinski definition) is 8. The highest BCUT2D eigenvalue weighted by atomic mass is 32.2. The predicted octanol–water partition coefficient (Wildman–Crippen LogP) is 5.51. The number of carboxylic acid groups (broad SMARTS) is 1. The first-order chi connectivity index (χ1) is 22.6. The standard InChI is InChI=1S/C28H32N4O4S.C7H8O3S/c1-5-6-7-26-30-27-21(4)29-20(3)18-25(27)32(26)23-12-10-22(11-13-23)16-17-31(28(33)34)37(35,36)24-14-8-19(2)9-15-24;1-6-2-4-7(5-3-6)11(8,9)10/h8-15,18H,5-7,16-17H2,1-4H3,(H,33,34);2-5H,1H3,(H,8,9,10)/p-1. The van der Waals surface area contributed by atoms with Gasteiger partial charge in [0, 0.05) is 24.3 Å². The number of rotatable bonds is 10. The van der Waals surface area contributed by atoms with Crippen molar-refractivity contribution in [3.63, 3.8) is 0 Å². The van der Waals surface area contributed by atoms with E-state index in [0.717, 1.165) is 69.9 Å². The second-order valence-electron chi connectivity index (χ2n) is 11.5. The molecule has 0 aliphatic carbocycles. The van der Waals surface area contributed by atoms with Crippen LogP contribution < -0.4 is 5.11 Å². The van der Waals surface area contributed by atoms with Crippen LogP contribution in [0.2, 0.25) is 0 Å². The zero-order chi connectivity index (χ0) is 35.2. The van der Waals surface area contributed by atoms with Gasteiger partial charge < -0.3 is 9.90 Å². The maximum atomic E-state index is 12.9. The molecule has 0 aliphatic rings. The molecular weight excluding hydrogens is 653 g/mol. The number of hydrogen-bond donors (Lipinski definition) is 1. The van der Waals surface area contributed by atoms with Crippen molar-refractivity contribution in [1.82, 2.24) is 18.8 Å². The number of aryl methyl sites for hydroxylation is 5. The van der Waals surface area contributed by atoms with Gasteiger partial charge >= 0.3 is 0 Å². The van der Waals surface area contributed by atoms with Gasteiger partial charge in [0.1, 0.15) is 11.3 Å². The average molecular weight is 692 g/mol. The number of carbonyl (C=O) groups is 1. The molecule has 0 spiro atoms. The van der Waals surface area contributed by atoms with Gasteiger partial charge in [0.05, 0.1) is 21.0 Å². The van der Waals surface area contributed by atoms with Crippen molar-refractivity contribution >= 4 is 37.3 Å². The Morgan fingerprint density at radius 3 is 1.90 bits per heavy atom. The summed E-state index contributed by atoms with van der Waals surface area (Å²) in [4.78, 5) is 21.0. The minimum absolute atomic E-state index is 0.0666. The number of fused-ring (bicyclic) bond motifs is 1. The maximum Gasteiger partial charge on any atom is 0.294 e. The Bertz CT molecular complexity index is 2110. The third kappa shape index (κ3) is 8.65. The quantitative estimate of drug-likeness (QED) is 0.186. The summed E-state index contributed by atoms with van der Waals surface area (Å²) < 4.78 is 57.9. The van der Waals surface area contributed by atoms with Crippen molar-refractivity contribution in [2.24, 2.45) is 0 Å². The molecule has 5 rings (SSSR count). The van der Waals surface area contributed by atoms with Gasteiger partial charge in [-0.05, 0) is 88.6 Å². The average Bonchev–Trinajstić information content (AvgIpc) is 3.39. The molecule has 11 nitrogen and oxygen atoms in total. The normalized spacial score (nSPS) is 11.6. The van der Waals surface area contributed by atoms with E-state index in [9.17, 15) is 26.7 Å². The van der Waals surface area contributed by atoms with Crippen LogP contribution in [0.3, 0.4) is 0 Å². The van der Waals surface area contributed by atoms with Gasteiger partial charge in [-0.15, -0.1) is 0 Å². The number of imidazole rings is 1. The summed E-state index contributed by atoms with van der Waals surface area (Å²) in [6, 6.07) is 21.8. The number of pyridine rings is 1. The Morgan fingerprint density at radius 1 is 0.812 bits per heavy atom. The molecule has 5 aromatic rings. The Labute approximate surface area is 281 Å². The van der Waals surface area contributed by atoms with Crippen LogP contribution in [0.15, 0.2) is 88.7 Å². The van der Waals surface area contributed by atoms with E-state index < -0.39 is 26.2 Å². The Morgan fingerprint density at radius 2 is 1.38 bits per heavy atom. The smallest absolute Gasteiger partial charge is 0.294 e. The fraction of sp³-hybridized carbons (Fsp3) is 0.286. The fourth-order valence-electron chi connectivity index (χ4n) is 5.12. The van der Waals surface area contributed by atoms with Crippen molar-refractivity contribution in [1.29, 1.82) is 0 Å². The van der Waals surface area contributed by atoms with E-state index in [4.69, 9.17) is 9.54 Å². The van der Waals surface area contributed by atoms with Crippen LogP contribution in [-0.2, 0) is 33.0 Å². The minimum atomic E-state index is -4.22. The highest BCUT2D eigenvalue weighted by Crippen LogP contribution is 2.26. The number of sulfonamides is 1. The summed E-state index contributed by atoms with van der Waals surface area (Å²) in [6.45, 7) is 9.51. The lowest BCUT2D eigenvalue weighted by Gasteiger charge is -2.24. The van der Waals surface area contributed by atoms with Crippen molar-refractivity contribution in [3.05, 3.63) is 113 Å². The summed E-state index contributed by atoms with van der Waals surface area (Å²) in [7, 11) is -8.24. The van der Waals surface area contributed by atoms with Crippen molar-refractivity contribution < 1.29 is 31.3 Å². The van der Waals surface area contributed by atoms with Gasteiger partial charge in [-0.3, -0.25) is 18.4 Å². The first kappa shape index (κ1) is 36.2. The van der Waals surface area contributed by atoms with Crippen LogP contribution in [0.1, 0.15) is 53.7 Å². The molecule has 254 valence electrons. The molecule has 0 bridgehead atoms. The van der Waals surface area contributed by atoms with Crippen LogP contribution in [0, 0.1) is 27.7 Å². The maximum absolute atomic E-state index is 12.9. The number of aromatic nitrogens is 3. The molecule has 0 atom stereocenters. The molecule has 3 aromatic carbocycles. The van der Waals surface area contributed by atoms with E-state index in [1.807, 2.05) is 58.0 Å². The molecule has 2 aromatic heterocycles. The van der Waals surface area contributed by atoms with Gasteiger partial charge in [0.2, 0.25) is 0 Å². The van der Waals surface area contributed by atoms with Gasteiger partial charge in [0.25, 0.3) is 20.1 Å². The second kappa shape index (κ2) is 15.1. The van der Waals surface area contributed by atoms with Crippen molar-refractivity contribution in [2.75, 3.05) is 6.54 Å². The molecule has 2 heterocycles. The van der Waals surface area contributed by atoms with E-state index >= 15 is 0 Å². The lowest BCUT2D eigenvalue weighted by atomic mass is 10.1. The van der Waals surface area contributed by atoms with Gasteiger partial charge in [-0.1, -0.05) is 60.9 Å². The number of amides is 1. The van der Waals surface area contributed by atoms with Crippen molar-refractivity contribution in [2.45, 2.75) is 70.1 Å². The number of carbonyl (C=O) groups excluding carboxylic acids is 1. The number of benzene rings is 3. The SMILES string of the molecule is CCCCc1nc2c(C)nc(C)cc2n1-c1ccc(CCN(C(=O)[O-])S(=O)(=O)c2ccc(C)cc2)cc1.Cc1ccc(S(=O)(=O)O)cc1. The Balaban J connectivity index is 0.000000401. The molecule has 1 N–H and O–H groups in total. The molecule has 13 heteroatoms. The monoisotopic (exact) mass is 691 g/mol. The third-order valence-corrected chi connectivity index (χ3v) is 10.3. The highest BCUT2D eigenvalue weighted by molar-refractivity contribution is 7.89. The first-order valence-corrected chi connectivity index (χ1v) is 18.3. The minimum Gasteiger partial charge on any atom is -0.529 e. The van der Waals surface area contributed by atoms with Crippen LogP contribution in [0.25, 0.3) is 16.7 Å². The molecule has 1 amide bonds. The Hall–Kier alpha value is -4.59. The lowest BCUT2D eigenvalue weighted by molar-refractivity contribution is -0.259. The zero-order valence-electron chi connectivity index (χ0n) is 27.5. The summed E-state index contributed by atoms with van der Waals surface area (Å²) in [5.41, 5.74) is 7.26. The fourth-order valence-corrected chi connectivity index (χ4v) is 6.86. The summed E-state index contributed by atoms with van der Waals surface area (Å²) in [6.07, 6.45) is 1.37. The molecule has 0 aliphatic heterocycles. The van der Waals surface area contributed by atoms with E-state index in [2.05, 4.69) is 16.5 Å². The third-order valence-electron chi connectivity index (χ3n) is 7.70. The zero-order valence-corrected chi connectivity index (χ0v) is 29.2. The number of unbranched alkanes of at least 4 members (excludes halogenated alkanes) is 1. The Kier molecular flexibility index (Phi) is 11.4. The van der Waals surface area contributed by atoms with E-state index in [1.165, 1.54) is 24.3 Å². The van der Waals surface area contributed by atoms with E-state index in [-0.39, 0.29) is 22.8 Å². The first-order valence-electron chi connectivity index (χ1n) is 15.4. The molecule has 48 heavy (non-hydrogen) atoms. The predicted molar refractivity (Wildman–Crippen MR) is 182 cm³/mol. The largest absolute Gasteiger partial charge is 0.529 e. The summed E-state index contributed by atoms with van der Waals surface area (Å²) >= 11 is 0.